The van der Waals surface area contributed by atoms with Gasteiger partial charge in [0, 0.05) is 37.7 Å². The fourth-order valence-corrected chi connectivity index (χ4v) is 1.97. The fourth-order valence-electron chi connectivity index (χ4n) is 1.49. The molecule has 0 radical (unpaired) electrons. The summed E-state index contributed by atoms with van der Waals surface area (Å²) in [7, 11) is 1.84. The van der Waals surface area contributed by atoms with E-state index in [-0.39, 0.29) is 17.5 Å². The SMILES string of the molecule is CCc1nn(C)cc1CNCCSC(F)(F)F. The first-order chi connectivity index (χ1) is 7.92. The molecule has 0 aliphatic rings. The minimum atomic E-state index is -4.13. The van der Waals surface area contributed by atoms with Crippen molar-refractivity contribution in [3.05, 3.63) is 17.5 Å². The van der Waals surface area contributed by atoms with E-state index in [2.05, 4.69) is 10.4 Å². The summed E-state index contributed by atoms with van der Waals surface area (Å²) in [6.07, 6.45) is 2.72. The van der Waals surface area contributed by atoms with Crippen LogP contribution in [0.25, 0.3) is 0 Å². The van der Waals surface area contributed by atoms with Gasteiger partial charge < -0.3 is 5.32 Å². The summed E-state index contributed by atoms with van der Waals surface area (Å²) in [5.41, 5.74) is -2.10. The molecule has 0 atom stereocenters. The first-order valence-electron chi connectivity index (χ1n) is 5.35. The normalized spacial score (nSPS) is 12.1. The monoisotopic (exact) mass is 267 g/mol. The summed E-state index contributed by atoms with van der Waals surface area (Å²) in [6, 6.07) is 0. The van der Waals surface area contributed by atoms with Crippen LogP contribution in [0.15, 0.2) is 6.20 Å². The van der Waals surface area contributed by atoms with Gasteiger partial charge in [-0.25, -0.2) is 0 Å². The molecule has 98 valence electrons. The van der Waals surface area contributed by atoms with Gasteiger partial charge in [0.25, 0.3) is 0 Å². The number of hydrogen-bond donors (Lipinski definition) is 1. The molecule has 7 heteroatoms. The summed E-state index contributed by atoms with van der Waals surface area (Å²) >= 11 is 0.000538. The number of hydrogen-bond acceptors (Lipinski definition) is 3. The second-order valence-electron chi connectivity index (χ2n) is 3.60. The topological polar surface area (TPSA) is 29.9 Å². The maximum Gasteiger partial charge on any atom is 0.441 e. The van der Waals surface area contributed by atoms with E-state index in [1.807, 2.05) is 20.2 Å². The summed E-state index contributed by atoms with van der Waals surface area (Å²) < 4.78 is 37.3. The molecule has 1 heterocycles. The lowest BCUT2D eigenvalue weighted by Crippen LogP contribution is -2.18. The van der Waals surface area contributed by atoms with E-state index in [4.69, 9.17) is 0 Å². The summed E-state index contributed by atoms with van der Waals surface area (Å²) in [4.78, 5) is 0. The number of halogens is 3. The average molecular weight is 267 g/mol. The van der Waals surface area contributed by atoms with Crippen molar-refractivity contribution in [1.82, 2.24) is 15.1 Å². The summed E-state index contributed by atoms with van der Waals surface area (Å²) in [5.74, 6) is 0.0330. The van der Waals surface area contributed by atoms with Crippen molar-refractivity contribution < 1.29 is 13.2 Å². The minimum Gasteiger partial charge on any atom is -0.312 e. The molecule has 0 aliphatic heterocycles. The van der Waals surface area contributed by atoms with E-state index in [1.54, 1.807) is 4.68 Å². The molecule has 0 unspecified atom stereocenters. The van der Waals surface area contributed by atoms with E-state index < -0.39 is 5.51 Å². The third kappa shape index (κ3) is 5.45. The number of aromatic nitrogens is 2. The number of thioether (sulfide) groups is 1. The van der Waals surface area contributed by atoms with Crippen molar-refractivity contribution in [2.24, 2.45) is 7.05 Å². The van der Waals surface area contributed by atoms with Crippen LogP contribution in [0.3, 0.4) is 0 Å². The van der Waals surface area contributed by atoms with Gasteiger partial charge >= 0.3 is 5.51 Å². The lowest BCUT2D eigenvalue weighted by molar-refractivity contribution is -0.0327. The maximum absolute atomic E-state index is 11.8. The molecule has 1 rings (SSSR count). The number of rotatable bonds is 6. The highest BCUT2D eigenvalue weighted by molar-refractivity contribution is 8.00. The highest BCUT2D eigenvalue weighted by Crippen LogP contribution is 2.29. The summed E-state index contributed by atoms with van der Waals surface area (Å²) in [6.45, 7) is 2.91. The Morgan fingerprint density at radius 1 is 1.47 bits per heavy atom. The van der Waals surface area contributed by atoms with Crippen LogP contribution >= 0.6 is 11.8 Å². The lowest BCUT2D eigenvalue weighted by Gasteiger charge is -2.06. The number of alkyl halides is 3. The van der Waals surface area contributed by atoms with Crippen LogP contribution in [0.4, 0.5) is 13.2 Å². The molecule has 0 fully saturated rings. The van der Waals surface area contributed by atoms with Gasteiger partial charge in [0.2, 0.25) is 0 Å². The smallest absolute Gasteiger partial charge is 0.312 e. The molecule has 0 saturated carbocycles. The molecule has 1 aromatic rings. The van der Waals surface area contributed by atoms with Crippen LogP contribution < -0.4 is 5.32 Å². The largest absolute Gasteiger partial charge is 0.441 e. The molecule has 17 heavy (non-hydrogen) atoms. The Morgan fingerprint density at radius 3 is 2.76 bits per heavy atom. The molecule has 0 saturated heterocycles. The quantitative estimate of drug-likeness (QED) is 0.802. The molecule has 0 bridgehead atoms. The molecular weight excluding hydrogens is 251 g/mol. The second-order valence-corrected chi connectivity index (χ2v) is 4.76. The summed E-state index contributed by atoms with van der Waals surface area (Å²) in [5, 5.41) is 7.25. The first-order valence-corrected chi connectivity index (χ1v) is 6.33. The van der Waals surface area contributed by atoms with E-state index in [0.29, 0.717) is 13.1 Å². The maximum atomic E-state index is 11.8. The second kappa shape index (κ2) is 6.30. The van der Waals surface area contributed by atoms with Crippen LogP contribution in [0.5, 0.6) is 0 Å². The van der Waals surface area contributed by atoms with E-state index in [1.165, 1.54) is 0 Å². The first kappa shape index (κ1) is 14.4. The van der Waals surface area contributed by atoms with Gasteiger partial charge in [0.15, 0.2) is 0 Å². The molecule has 1 aromatic heterocycles. The van der Waals surface area contributed by atoms with Crippen molar-refractivity contribution >= 4 is 11.8 Å². The van der Waals surface area contributed by atoms with Crippen molar-refractivity contribution in [2.75, 3.05) is 12.3 Å². The highest BCUT2D eigenvalue weighted by atomic mass is 32.2. The molecule has 0 amide bonds. The Balaban J connectivity index is 2.26. The third-order valence-electron chi connectivity index (χ3n) is 2.19. The van der Waals surface area contributed by atoms with Crippen molar-refractivity contribution in [3.63, 3.8) is 0 Å². The van der Waals surface area contributed by atoms with Crippen LogP contribution in [0, 0.1) is 0 Å². The van der Waals surface area contributed by atoms with Gasteiger partial charge in [0.05, 0.1) is 5.69 Å². The molecule has 3 nitrogen and oxygen atoms in total. The number of nitrogens with zero attached hydrogens (tertiary/aromatic N) is 2. The van der Waals surface area contributed by atoms with Gasteiger partial charge in [-0.3, -0.25) is 4.68 Å². The van der Waals surface area contributed by atoms with Crippen molar-refractivity contribution in [1.29, 1.82) is 0 Å². The zero-order valence-electron chi connectivity index (χ0n) is 9.84. The standard InChI is InChI=1S/C10H16F3N3S/c1-3-9-8(7-16(2)15-9)6-14-4-5-17-10(11,12)13/h7,14H,3-6H2,1-2H3. The third-order valence-corrected chi connectivity index (χ3v) is 2.92. The van der Waals surface area contributed by atoms with Crippen LogP contribution in [0.2, 0.25) is 0 Å². The van der Waals surface area contributed by atoms with Gasteiger partial charge in [-0.15, -0.1) is 0 Å². The zero-order valence-corrected chi connectivity index (χ0v) is 10.7. The van der Waals surface area contributed by atoms with Gasteiger partial charge in [-0.05, 0) is 18.2 Å². The molecule has 0 aromatic carbocycles. The van der Waals surface area contributed by atoms with Crippen LogP contribution in [-0.4, -0.2) is 27.6 Å². The molecule has 1 N–H and O–H groups in total. The highest BCUT2D eigenvalue weighted by Gasteiger charge is 2.27. The molecular formula is C10H16F3N3S. The van der Waals surface area contributed by atoms with Crippen LogP contribution in [-0.2, 0) is 20.0 Å². The average Bonchev–Trinajstić information content (AvgIpc) is 2.57. The van der Waals surface area contributed by atoms with E-state index in [9.17, 15) is 13.2 Å². The number of nitrogens with one attached hydrogen (secondary N) is 1. The van der Waals surface area contributed by atoms with Crippen molar-refractivity contribution in [3.8, 4) is 0 Å². The zero-order chi connectivity index (χ0) is 12.9. The number of aryl methyl sites for hydroxylation is 2. The minimum absolute atomic E-state index is 0.000538. The molecule has 0 aliphatic carbocycles. The van der Waals surface area contributed by atoms with Gasteiger partial charge in [-0.1, -0.05) is 6.92 Å². The van der Waals surface area contributed by atoms with Crippen LogP contribution in [0.1, 0.15) is 18.2 Å². The predicted molar refractivity (Wildman–Crippen MR) is 62.8 cm³/mol. The van der Waals surface area contributed by atoms with Crippen molar-refractivity contribution in [2.45, 2.75) is 25.4 Å². The Labute approximate surface area is 103 Å². The van der Waals surface area contributed by atoms with E-state index in [0.717, 1.165) is 17.7 Å². The Bertz CT molecular complexity index is 349. The van der Waals surface area contributed by atoms with E-state index >= 15 is 0 Å². The fraction of sp³-hybridized carbons (Fsp3) is 0.700. The molecule has 0 spiro atoms. The van der Waals surface area contributed by atoms with Gasteiger partial charge in [0.1, 0.15) is 0 Å². The van der Waals surface area contributed by atoms with Gasteiger partial charge in [-0.2, -0.15) is 18.3 Å². The predicted octanol–water partition coefficient (Wildman–Crippen LogP) is 2.33. The Hall–Kier alpha value is -0.690. The lowest BCUT2D eigenvalue weighted by atomic mass is 10.2. The Morgan fingerprint density at radius 2 is 2.18 bits per heavy atom. The Kier molecular flexibility index (Phi) is 5.32.